The lowest BCUT2D eigenvalue weighted by molar-refractivity contribution is 0.0945. The van der Waals surface area contributed by atoms with E-state index in [9.17, 15) is 17.6 Å². The van der Waals surface area contributed by atoms with Crippen molar-refractivity contribution in [3.05, 3.63) is 83.7 Å². The van der Waals surface area contributed by atoms with Crippen molar-refractivity contribution in [3.8, 4) is 11.5 Å². The zero-order valence-corrected chi connectivity index (χ0v) is 19.6. The van der Waals surface area contributed by atoms with Gasteiger partial charge in [0, 0.05) is 17.5 Å². The molecule has 0 saturated heterocycles. The lowest BCUT2D eigenvalue weighted by Gasteiger charge is -2.28. The number of sulfonamides is 1. The number of carbonyl (C=O) groups excluding carboxylic acids is 1. The molecule has 0 atom stereocenters. The molecule has 34 heavy (non-hydrogen) atoms. The maximum Gasteiger partial charge on any atom is 0.262 e. The second-order valence-electron chi connectivity index (χ2n) is 8.54. The molecule has 0 aromatic heterocycles. The molecule has 1 aliphatic heterocycles. The number of carbonyl (C=O) groups is 1. The minimum Gasteiger partial charge on any atom is -0.486 e. The van der Waals surface area contributed by atoms with Crippen LogP contribution in [0, 0.1) is 5.82 Å². The summed E-state index contributed by atoms with van der Waals surface area (Å²) in [5, 5.41) is 2.87. The molecule has 1 amide bonds. The number of para-hydroxylation sites is 1. The number of hydrogen-bond acceptors (Lipinski definition) is 5. The molecule has 0 unspecified atom stereocenters. The summed E-state index contributed by atoms with van der Waals surface area (Å²) in [7, 11) is -4.08. The summed E-state index contributed by atoms with van der Waals surface area (Å²) in [5.41, 5.74) is 0.539. The molecule has 1 aliphatic rings. The average molecular weight is 485 g/mol. The first kappa shape index (κ1) is 23.6. The number of fused-ring (bicyclic) bond motifs is 1. The van der Waals surface area contributed by atoms with Crippen LogP contribution in [0.2, 0.25) is 0 Å². The van der Waals surface area contributed by atoms with Crippen LogP contribution in [-0.2, 0) is 15.4 Å². The number of benzene rings is 3. The number of amides is 1. The van der Waals surface area contributed by atoms with Crippen molar-refractivity contribution in [1.82, 2.24) is 5.32 Å². The Balaban J connectivity index is 1.46. The fraction of sp³-hybridized carbons (Fsp3) is 0.240. The van der Waals surface area contributed by atoms with E-state index in [2.05, 4.69) is 10.0 Å². The van der Waals surface area contributed by atoms with E-state index < -0.39 is 27.2 Å². The fourth-order valence-electron chi connectivity index (χ4n) is 3.52. The van der Waals surface area contributed by atoms with Crippen molar-refractivity contribution in [1.29, 1.82) is 0 Å². The molecule has 0 bridgehead atoms. The molecule has 1 heterocycles. The fourth-order valence-corrected chi connectivity index (χ4v) is 4.63. The molecule has 0 radical (unpaired) electrons. The van der Waals surface area contributed by atoms with Gasteiger partial charge in [-0.3, -0.25) is 9.52 Å². The second-order valence-corrected chi connectivity index (χ2v) is 10.2. The van der Waals surface area contributed by atoms with Gasteiger partial charge in [0.15, 0.2) is 11.5 Å². The van der Waals surface area contributed by atoms with E-state index >= 15 is 0 Å². The van der Waals surface area contributed by atoms with Gasteiger partial charge in [0.05, 0.1) is 10.6 Å². The summed E-state index contributed by atoms with van der Waals surface area (Å²) in [4.78, 5) is 12.7. The van der Waals surface area contributed by atoms with Crippen molar-refractivity contribution in [2.75, 3.05) is 24.5 Å². The Morgan fingerprint density at radius 2 is 1.71 bits per heavy atom. The Bertz CT molecular complexity index is 1320. The Kier molecular flexibility index (Phi) is 6.47. The quantitative estimate of drug-likeness (QED) is 0.527. The molecule has 0 fully saturated rings. The van der Waals surface area contributed by atoms with Gasteiger partial charge < -0.3 is 14.8 Å². The van der Waals surface area contributed by atoms with Crippen molar-refractivity contribution < 1.29 is 27.1 Å². The molecular weight excluding hydrogens is 459 g/mol. The van der Waals surface area contributed by atoms with E-state index in [1.54, 1.807) is 0 Å². The first-order valence-electron chi connectivity index (χ1n) is 10.7. The molecule has 0 aliphatic carbocycles. The number of nitrogens with one attached hydrogen (secondary N) is 2. The summed E-state index contributed by atoms with van der Waals surface area (Å²) in [6.07, 6.45) is 0. The Hall–Kier alpha value is -3.59. The van der Waals surface area contributed by atoms with Gasteiger partial charge >= 0.3 is 0 Å². The third kappa shape index (κ3) is 5.14. The molecule has 2 N–H and O–H groups in total. The molecule has 9 heteroatoms. The van der Waals surface area contributed by atoms with E-state index in [-0.39, 0.29) is 16.1 Å². The Morgan fingerprint density at radius 3 is 2.47 bits per heavy atom. The van der Waals surface area contributed by atoms with Crippen molar-refractivity contribution >= 4 is 21.6 Å². The summed E-state index contributed by atoms with van der Waals surface area (Å²) in [6.45, 7) is 5.26. The highest BCUT2D eigenvalue weighted by Crippen LogP contribution is 2.35. The zero-order chi connectivity index (χ0) is 24.3. The van der Waals surface area contributed by atoms with Crippen LogP contribution in [0.4, 0.5) is 10.1 Å². The van der Waals surface area contributed by atoms with Crippen LogP contribution < -0.4 is 19.5 Å². The number of halogens is 1. The van der Waals surface area contributed by atoms with Gasteiger partial charge in [-0.2, -0.15) is 0 Å². The maximum absolute atomic E-state index is 13.9. The molecule has 7 nitrogen and oxygen atoms in total. The summed E-state index contributed by atoms with van der Waals surface area (Å²) >= 11 is 0. The first-order valence-corrected chi connectivity index (χ1v) is 12.2. The van der Waals surface area contributed by atoms with Crippen LogP contribution in [0.3, 0.4) is 0 Å². The van der Waals surface area contributed by atoms with Crippen LogP contribution in [0.5, 0.6) is 11.5 Å². The standard InChI is InChI=1S/C25H25FN2O5S/c1-25(2,18-10-11-22-23(15-18)33-13-12-32-22)16-27-24(29)17-6-5-7-19(14-17)34(30,31)28-21-9-4-3-8-20(21)26/h3-11,14-15,28H,12-13,16H2,1-2H3,(H,27,29). The van der Waals surface area contributed by atoms with E-state index in [1.807, 2.05) is 32.0 Å². The zero-order valence-electron chi connectivity index (χ0n) is 18.8. The predicted octanol–water partition coefficient (Wildman–Crippen LogP) is 4.11. The first-order chi connectivity index (χ1) is 16.2. The van der Waals surface area contributed by atoms with Crippen molar-refractivity contribution in [2.45, 2.75) is 24.2 Å². The minimum atomic E-state index is -4.08. The second kappa shape index (κ2) is 9.34. The molecule has 0 saturated carbocycles. The van der Waals surface area contributed by atoms with Gasteiger partial charge in [-0.15, -0.1) is 0 Å². The van der Waals surface area contributed by atoms with Crippen LogP contribution in [0.25, 0.3) is 0 Å². The molecular formula is C25H25FN2O5S. The highest BCUT2D eigenvalue weighted by molar-refractivity contribution is 7.92. The number of rotatable bonds is 7. The Labute approximate surface area is 198 Å². The van der Waals surface area contributed by atoms with Gasteiger partial charge in [-0.1, -0.05) is 38.1 Å². The molecule has 3 aromatic carbocycles. The summed E-state index contributed by atoms with van der Waals surface area (Å²) in [5.74, 6) is 0.246. The number of hydrogen-bond donors (Lipinski definition) is 2. The smallest absolute Gasteiger partial charge is 0.262 e. The predicted molar refractivity (Wildman–Crippen MR) is 126 cm³/mol. The third-order valence-electron chi connectivity index (χ3n) is 5.54. The normalized spacial score (nSPS) is 13.3. The van der Waals surface area contributed by atoms with Crippen molar-refractivity contribution in [3.63, 3.8) is 0 Å². The van der Waals surface area contributed by atoms with Crippen LogP contribution >= 0.6 is 0 Å². The molecule has 3 aromatic rings. The minimum absolute atomic E-state index is 0.144. The van der Waals surface area contributed by atoms with Crippen LogP contribution in [0.1, 0.15) is 29.8 Å². The number of ether oxygens (including phenoxy) is 2. The highest BCUT2D eigenvalue weighted by Gasteiger charge is 2.25. The highest BCUT2D eigenvalue weighted by atomic mass is 32.2. The lowest BCUT2D eigenvalue weighted by atomic mass is 9.84. The third-order valence-corrected chi connectivity index (χ3v) is 6.90. The van der Waals surface area contributed by atoms with E-state index in [0.717, 1.165) is 11.6 Å². The van der Waals surface area contributed by atoms with E-state index in [1.165, 1.54) is 42.5 Å². The molecule has 0 spiro atoms. The largest absolute Gasteiger partial charge is 0.486 e. The molecule has 178 valence electrons. The topological polar surface area (TPSA) is 93.7 Å². The Morgan fingerprint density at radius 1 is 0.971 bits per heavy atom. The van der Waals surface area contributed by atoms with Gasteiger partial charge in [0.2, 0.25) is 0 Å². The maximum atomic E-state index is 13.9. The average Bonchev–Trinajstić information content (AvgIpc) is 2.83. The van der Waals surface area contributed by atoms with E-state index in [0.29, 0.717) is 31.3 Å². The molecule has 4 rings (SSSR count). The van der Waals surface area contributed by atoms with E-state index in [4.69, 9.17) is 9.47 Å². The summed E-state index contributed by atoms with van der Waals surface area (Å²) < 4.78 is 52.7. The van der Waals surface area contributed by atoms with Gasteiger partial charge in [0.25, 0.3) is 15.9 Å². The van der Waals surface area contributed by atoms with Crippen molar-refractivity contribution in [2.24, 2.45) is 0 Å². The van der Waals surface area contributed by atoms with Gasteiger partial charge in [-0.05, 0) is 48.0 Å². The van der Waals surface area contributed by atoms with Crippen LogP contribution in [0.15, 0.2) is 71.6 Å². The van der Waals surface area contributed by atoms with Crippen LogP contribution in [-0.4, -0.2) is 34.1 Å². The monoisotopic (exact) mass is 484 g/mol. The lowest BCUT2D eigenvalue weighted by Crippen LogP contribution is -2.36. The number of anilines is 1. The van der Waals surface area contributed by atoms with Gasteiger partial charge in [-0.25, -0.2) is 12.8 Å². The summed E-state index contributed by atoms with van der Waals surface area (Å²) in [6, 6.07) is 16.8. The van der Waals surface area contributed by atoms with Gasteiger partial charge in [0.1, 0.15) is 19.0 Å². The SMILES string of the molecule is CC(C)(CNC(=O)c1cccc(S(=O)(=O)Nc2ccccc2F)c1)c1ccc2c(c1)OCCO2.